The predicted octanol–water partition coefficient (Wildman–Crippen LogP) is 6.42. The number of aromatic nitrogens is 4. The third-order valence-corrected chi connectivity index (χ3v) is 11.2. The summed E-state index contributed by atoms with van der Waals surface area (Å²) in [5.74, 6) is 0.773. The molecule has 6 heterocycles. The van der Waals surface area contributed by atoms with Gasteiger partial charge in [0.2, 0.25) is 0 Å². The van der Waals surface area contributed by atoms with Crippen LogP contribution in [-0.2, 0) is 4.79 Å². The highest BCUT2D eigenvalue weighted by Gasteiger charge is 2.49. The Bertz CT molecular complexity index is 2220. The van der Waals surface area contributed by atoms with Crippen molar-refractivity contribution in [3.8, 4) is 29.6 Å². The number of hydrogen-bond donors (Lipinski definition) is 0. The number of halogens is 3. The molecule has 3 atom stereocenters. The SMILES string of the molecule is C#Cc1cccc2cccc(-c3ncc4c(N(C)C5CCN(C(=O)/C(F)=C/c6nccs6)C5)nc(OC[C@@]56CCCN5CC(F)C6)nc4c3F)c12. The summed E-state index contributed by atoms with van der Waals surface area (Å²) >= 11 is 1.24. The first-order chi connectivity index (χ1) is 24.7. The molecule has 2 unspecified atom stereocenters. The lowest BCUT2D eigenvalue weighted by Gasteiger charge is -2.31. The topological polar surface area (TPSA) is 87.6 Å². The number of thiazole rings is 1. The molecule has 3 aliphatic rings. The number of hydrogen-bond acceptors (Lipinski definition) is 9. The normalized spacial score (nSPS) is 22.1. The van der Waals surface area contributed by atoms with Gasteiger partial charge in [0.25, 0.3) is 5.91 Å². The number of alkyl halides is 1. The van der Waals surface area contributed by atoms with Gasteiger partial charge in [-0.1, -0.05) is 36.3 Å². The van der Waals surface area contributed by atoms with Gasteiger partial charge in [-0.2, -0.15) is 9.97 Å². The molecule has 13 heteroatoms. The Morgan fingerprint density at radius 2 is 2.04 bits per heavy atom. The van der Waals surface area contributed by atoms with E-state index in [1.807, 2.05) is 29.2 Å². The summed E-state index contributed by atoms with van der Waals surface area (Å²) in [5, 5.41) is 4.00. The van der Waals surface area contributed by atoms with Crippen LogP contribution in [-0.4, -0.2) is 93.2 Å². The number of carbonyl (C=O) groups is 1. The van der Waals surface area contributed by atoms with Crippen LogP contribution in [0.4, 0.5) is 19.0 Å². The lowest BCUT2D eigenvalue weighted by molar-refractivity contribution is -0.127. The molecule has 260 valence electrons. The second-order valence-corrected chi connectivity index (χ2v) is 14.3. The number of benzene rings is 2. The van der Waals surface area contributed by atoms with Gasteiger partial charge < -0.3 is 14.5 Å². The van der Waals surface area contributed by atoms with Crippen LogP contribution < -0.4 is 9.64 Å². The maximum absolute atomic E-state index is 16.9. The molecular formula is C38H34F3N7O2S. The van der Waals surface area contributed by atoms with Gasteiger partial charge in [-0.25, -0.2) is 18.2 Å². The third-order valence-electron chi connectivity index (χ3n) is 10.4. The number of ether oxygens (including phenoxy) is 1. The average molecular weight is 710 g/mol. The Hall–Kier alpha value is -5.06. The second kappa shape index (κ2) is 13.2. The van der Waals surface area contributed by atoms with E-state index >= 15 is 4.39 Å². The van der Waals surface area contributed by atoms with Gasteiger partial charge >= 0.3 is 6.01 Å². The molecule has 51 heavy (non-hydrogen) atoms. The molecule has 3 aliphatic heterocycles. The first-order valence-corrected chi connectivity index (χ1v) is 17.8. The van der Waals surface area contributed by atoms with Crippen molar-refractivity contribution in [2.45, 2.75) is 43.4 Å². The molecular weight excluding hydrogens is 676 g/mol. The summed E-state index contributed by atoms with van der Waals surface area (Å²) in [7, 11) is 1.80. The van der Waals surface area contributed by atoms with E-state index in [-0.39, 0.29) is 36.4 Å². The van der Waals surface area contributed by atoms with Gasteiger partial charge in [-0.15, -0.1) is 17.8 Å². The van der Waals surface area contributed by atoms with Crippen LogP contribution >= 0.6 is 11.3 Å². The fourth-order valence-corrected chi connectivity index (χ4v) is 8.45. The molecule has 0 bridgehead atoms. The van der Waals surface area contributed by atoms with Crippen molar-refractivity contribution >= 4 is 50.8 Å². The molecule has 0 radical (unpaired) electrons. The van der Waals surface area contributed by atoms with Crippen molar-refractivity contribution < 1.29 is 22.7 Å². The Morgan fingerprint density at radius 1 is 1.20 bits per heavy atom. The largest absolute Gasteiger partial charge is 0.461 e. The number of fused-ring (bicyclic) bond motifs is 3. The van der Waals surface area contributed by atoms with E-state index in [1.54, 1.807) is 30.8 Å². The zero-order valence-electron chi connectivity index (χ0n) is 27.9. The van der Waals surface area contributed by atoms with E-state index in [9.17, 15) is 13.6 Å². The van der Waals surface area contributed by atoms with Crippen LogP contribution in [0.1, 0.15) is 36.3 Å². The summed E-state index contributed by atoms with van der Waals surface area (Å²) in [6.07, 6.45) is 11.7. The maximum atomic E-state index is 16.9. The Morgan fingerprint density at radius 3 is 2.84 bits per heavy atom. The number of terminal acetylenes is 1. The number of pyridine rings is 1. The summed E-state index contributed by atoms with van der Waals surface area (Å²) in [4.78, 5) is 36.4. The number of amides is 1. The fourth-order valence-electron chi connectivity index (χ4n) is 7.89. The number of likely N-dealkylation sites (tertiary alicyclic amines) is 1. The molecule has 5 aromatic rings. The smallest absolute Gasteiger partial charge is 0.319 e. The zero-order chi connectivity index (χ0) is 35.3. The number of likely N-dealkylation sites (N-methyl/N-ethyl adjacent to an activating group) is 1. The highest BCUT2D eigenvalue weighted by molar-refractivity contribution is 7.10. The summed E-state index contributed by atoms with van der Waals surface area (Å²) in [6, 6.07) is 10.8. The Kier molecular flexibility index (Phi) is 8.60. The minimum absolute atomic E-state index is 0.000893. The Balaban J connectivity index is 1.17. The average Bonchev–Trinajstić information content (AvgIpc) is 3.96. The van der Waals surface area contributed by atoms with Crippen molar-refractivity contribution in [2.24, 2.45) is 0 Å². The minimum Gasteiger partial charge on any atom is -0.461 e. The van der Waals surface area contributed by atoms with Crippen LogP contribution in [0.3, 0.4) is 0 Å². The minimum atomic E-state index is -0.943. The molecule has 0 spiro atoms. The fraction of sp³-hybridized carbons (Fsp3) is 0.342. The maximum Gasteiger partial charge on any atom is 0.319 e. The van der Waals surface area contributed by atoms with Crippen LogP contribution in [0, 0.1) is 18.2 Å². The summed E-state index contributed by atoms with van der Waals surface area (Å²) in [6.45, 7) is 1.84. The van der Waals surface area contributed by atoms with E-state index < -0.39 is 29.3 Å². The number of carbonyl (C=O) groups excluding carboxylic acids is 1. The van der Waals surface area contributed by atoms with Crippen LogP contribution in [0.25, 0.3) is 39.0 Å². The number of anilines is 1. The van der Waals surface area contributed by atoms with Crippen LogP contribution in [0.5, 0.6) is 6.01 Å². The molecule has 3 fully saturated rings. The summed E-state index contributed by atoms with van der Waals surface area (Å²) in [5.41, 5.74) is 0.738. The zero-order valence-corrected chi connectivity index (χ0v) is 28.7. The molecule has 1 amide bonds. The molecule has 0 aliphatic carbocycles. The van der Waals surface area contributed by atoms with Crippen molar-refractivity contribution in [3.05, 3.63) is 76.4 Å². The molecule has 8 rings (SSSR count). The van der Waals surface area contributed by atoms with Crippen molar-refractivity contribution in [2.75, 3.05) is 44.7 Å². The number of nitrogens with zero attached hydrogens (tertiary/aromatic N) is 7. The molecule has 0 N–H and O–H groups in total. The molecule has 0 saturated carbocycles. The van der Waals surface area contributed by atoms with Gasteiger partial charge in [-0.3, -0.25) is 14.7 Å². The molecule has 3 saturated heterocycles. The lowest BCUT2D eigenvalue weighted by atomic mass is 9.95. The molecule has 3 aromatic heterocycles. The van der Waals surface area contributed by atoms with Gasteiger partial charge in [-0.05, 0) is 37.3 Å². The predicted molar refractivity (Wildman–Crippen MR) is 191 cm³/mol. The van der Waals surface area contributed by atoms with Gasteiger partial charge in [0.05, 0.1) is 10.9 Å². The van der Waals surface area contributed by atoms with E-state index in [1.165, 1.54) is 22.4 Å². The highest BCUT2D eigenvalue weighted by Crippen LogP contribution is 2.41. The highest BCUT2D eigenvalue weighted by atomic mass is 32.1. The quantitative estimate of drug-likeness (QED) is 0.135. The monoisotopic (exact) mass is 709 g/mol. The van der Waals surface area contributed by atoms with Gasteiger partial charge in [0.1, 0.15) is 34.8 Å². The van der Waals surface area contributed by atoms with Crippen molar-refractivity contribution in [1.82, 2.24) is 29.7 Å². The number of rotatable bonds is 8. The first-order valence-electron chi connectivity index (χ1n) is 16.9. The summed E-state index contributed by atoms with van der Waals surface area (Å²) < 4.78 is 52.6. The van der Waals surface area contributed by atoms with Crippen molar-refractivity contribution in [1.29, 1.82) is 0 Å². The van der Waals surface area contributed by atoms with E-state index in [0.717, 1.165) is 30.8 Å². The third kappa shape index (κ3) is 5.96. The molecule has 9 nitrogen and oxygen atoms in total. The standard InChI is InChI=1S/C38H34F3N7O2S/c1-3-23-7-4-8-24-9-5-10-27(31(23)24)33-32(41)34-28(19-43-33)35(45-37(44-34)50-22-38-12-6-14-48(38)20-25(39)18-38)46(2)26-11-15-47(21-26)36(49)29(40)17-30-42-13-16-51-30/h1,4-5,7-10,13,16-17,19,25-26H,6,11-12,14-15,18,20-22H2,2H3/b29-17-/t25?,26?,38-/m0/s1. The van der Waals surface area contributed by atoms with Crippen molar-refractivity contribution in [3.63, 3.8) is 0 Å². The first kappa shape index (κ1) is 33.1. The second-order valence-electron chi connectivity index (χ2n) is 13.4. The van der Waals surface area contributed by atoms with E-state index in [2.05, 4.69) is 25.8 Å². The van der Waals surface area contributed by atoms with Crippen LogP contribution in [0.15, 0.2) is 60.0 Å². The van der Waals surface area contributed by atoms with E-state index in [4.69, 9.17) is 16.1 Å². The van der Waals surface area contributed by atoms with E-state index in [0.29, 0.717) is 58.7 Å². The van der Waals surface area contributed by atoms with Crippen LogP contribution in [0.2, 0.25) is 0 Å². The van der Waals surface area contributed by atoms with Gasteiger partial charge in [0, 0.05) is 79.5 Å². The van der Waals surface area contributed by atoms with Gasteiger partial charge in [0.15, 0.2) is 11.6 Å². The Labute approximate surface area is 296 Å². The lowest BCUT2D eigenvalue weighted by Crippen LogP contribution is -2.43. The molecule has 2 aromatic carbocycles.